The van der Waals surface area contributed by atoms with Crippen LogP contribution >= 0.6 is 0 Å². The lowest BCUT2D eigenvalue weighted by atomic mass is 10.2. The number of nitrogens with zero attached hydrogens (tertiary/aromatic N) is 1. The molecule has 134 valence electrons. The van der Waals surface area contributed by atoms with Crippen molar-refractivity contribution in [3.05, 3.63) is 29.8 Å². The first-order valence-corrected chi connectivity index (χ1v) is 9.41. The van der Waals surface area contributed by atoms with Crippen LogP contribution < -0.4 is 5.32 Å². The minimum absolute atomic E-state index is 0.0541. The first kappa shape index (κ1) is 20.1. The van der Waals surface area contributed by atoms with Gasteiger partial charge in [0.05, 0.1) is 18.9 Å². The molecule has 0 heterocycles. The van der Waals surface area contributed by atoms with Gasteiger partial charge >= 0.3 is 5.97 Å². The fourth-order valence-electron chi connectivity index (χ4n) is 2.06. The summed E-state index contributed by atoms with van der Waals surface area (Å²) < 4.78 is 29.3. The molecule has 1 rings (SSSR count). The van der Waals surface area contributed by atoms with Crippen LogP contribution in [0.15, 0.2) is 24.3 Å². The van der Waals surface area contributed by atoms with Crippen molar-refractivity contribution >= 4 is 27.6 Å². The molecular weight excluding hydrogens is 332 g/mol. The molecule has 24 heavy (non-hydrogen) atoms. The van der Waals surface area contributed by atoms with E-state index in [4.69, 9.17) is 0 Å². The Bertz CT molecular complexity index is 668. The highest BCUT2D eigenvalue weighted by atomic mass is 32.2. The van der Waals surface area contributed by atoms with Gasteiger partial charge in [0.2, 0.25) is 15.9 Å². The van der Waals surface area contributed by atoms with Crippen molar-refractivity contribution in [2.45, 2.75) is 20.3 Å². The van der Waals surface area contributed by atoms with Crippen LogP contribution in [0.3, 0.4) is 0 Å². The number of anilines is 1. The summed E-state index contributed by atoms with van der Waals surface area (Å²) in [5.74, 6) is -0.572. The number of amides is 1. The smallest absolute Gasteiger partial charge is 0.337 e. The molecule has 0 radical (unpaired) electrons. The van der Waals surface area contributed by atoms with Crippen LogP contribution in [0.25, 0.3) is 0 Å². The standard InChI is InChI=1S/C16H24N2O5S/c1-12(2)11-18(24(4,21)22)10-9-15(19)17-14-7-5-13(6-8-14)16(20)23-3/h5-8,12H,9-11H2,1-4H3,(H,17,19). The van der Waals surface area contributed by atoms with Gasteiger partial charge in [-0.2, -0.15) is 0 Å². The largest absolute Gasteiger partial charge is 0.465 e. The van der Waals surface area contributed by atoms with E-state index in [1.807, 2.05) is 13.8 Å². The van der Waals surface area contributed by atoms with E-state index in [0.29, 0.717) is 17.8 Å². The summed E-state index contributed by atoms with van der Waals surface area (Å²) in [5, 5.41) is 2.67. The molecule has 0 aromatic heterocycles. The van der Waals surface area contributed by atoms with E-state index in [1.54, 1.807) is 24.3 Å². The first-order valence-electron chi connectivity index (χ1n) is 7.57. The highest BCUT2D eigenvalue weighted by Gasteiger charge is 2.19. The van der Waals surface area contributed by atoms with Crippen molar-refractivity contribution in [1.29, 1.82) is 0 Å². The summed E-state index contributed by atoms with van der Waals surface area (Å²) in [6.45, 7) is 4.34. The highest BCUT2D eigenvalue weighted by molar-refractivity contribution is 7.88. The van der Waals surface area contributed by atoms with Gasteiger partial charge in [-0.3, -0.25) is 4.79 Å². The molecule has 0 atom stereocenters. The zero-order valence-corrected chi connectivity index (χ0v) is 15.2. The molecule has 0 bridgehead atoms. The predicted octanol–water partition coefficient (Wildman–Crippen LogP) is 1.72. The molecule has 7 nitrogen and oxygen atoms in total. The number of hydrogen-bond acceptors (Lipinski definition) is 5. The Balaban J connectivity index is 2.60. The van der Waals surface area contributed by atoms with Gasteiger partial charge in [-0.25, -0.2) is 17.5 Å². The van der Waals surface area contributed by atoms with Gasteiger partial charge in [0.25, 0.3) is 0 Å². The first-order chi connectivity index (χ1) is 11.1. The number of carbonyl (C=O) groups is 2. The van der Waals surface area contributed by atoms with E-state index in [2.05, 4.69) is 10.1 Å². The van der Waals surface area contributed by atoms with Gasteiger partial charge in [0.1, 0.15) is 0 Å². The molecule has 1 N–H and O–H groups in total. The predicted molar refractivity (Wildman–Crippen MR) is 92.3 cm³/mol. The van der Waals surface area contributed by atoms with Crippen molar-refractivity contribution in [3.63, 3.8) is 0 Å². The maximum Gasteiger partial charge on any atom is 0.337 e. The number of sulfonamides is 1. The van der Waals surface area contributed by atoms with Crippen molar-refractivity contribution < 1.29 is 22.7 Å². The summed E-state index contributed by atoms with van der Waals surface area (Å²) in [7, 11) is -2.05. The van der Waals surface area contributed by atoms with Crippen molar-refractivity contribution in [2.24, 2.45) is 5.92 Å². The molecule has 0 saturated carbocycles. The van der Waals surface area contributed by atoms with Crippen LogP contribution in [0.2, 0.25) is 0 Å². The quantitative estimate of drug-likeness (QED) is 0.716. The zero-order valence-electron chi connectivity index (χ0n) is 14.4. The minimum Gasteiger partial charge on any atom is -0.465 e. The Morgan fingerprint density at radius 3 is 2.25 bits per heavy atom. The molecule has 0 aliphatic carbocycles. The fourth-order valence-corrected chi connectivity index (χ4v) is 3.05. The van der Waals surface area contributed by atoms with Gasteiger partial charge in [-0.05, 0) is 30.2 Å². The third kappa shape index (κ3) is 6.67. The summed E-state index contributed by atoms with van der Waals surface area (Å²) in [6.07, 6.45) is 1.19. The zero-order chi connectivity index (χ0) is 18.3. The topological polar surface area (TPSA) is 92.8 Å². The summed E-state index contributed by atoms with van der Waals surface area (Å²) in [4.78, 5) is 23.3. The van der Waals surface area contributed by atoms with Crippen LogP contribution in [0.5, 0.6) is 0 Å². The lowest BCUT2D eigenvalue weighted by Crippen LogP contribution is -2.35. The normalized spacial score (nSPS) is 11.6. The van der Waals surface area contributed by atoms with Crippen molar-refractivity contribution in [3.8, 4) is 0 Å². The number of hydrogen-bond donors (Lipinski definition) is 1. The summed E-state index contributed by atoms with van der Waals surface area (Å²) in [5.41, 5.74) is 0.915. The second-order valence-electron chi connectivity index (χ2n) is 5.88. The number of esters is 1. The van der Waals surface area contributed by atoms with Crippen LogP contribution in [0, 0.1) is 5.92 Å². The third-order valence-corrected chi connectivity index (χ3v) is 4.49. The SMILES string of the molecule is COC(=O)c1ccc(NC(=O)CCN(CC(C)C)S(C)(=O)=O)cc1. The average Bonchev–Trinajstić information content (AvgIpc) is 2.50. The van der Waals surface area contributed by atoms with E-state index in [9.17, 15) is 18.0 Å². The van der Waals surface area contributed by atoms with Crippen molar-refractivity contribution in [1.82, 2.24) is 4.31 Å². The molecule has 1 aromatic carbocycles. The number of methoxy groups -OCH3 is 1. The Kier molecular flexibility index (Phi) is 7.37. The Morgan fingerprint density at radius 1 is 1.21 bits per heavy atom. The van der Waals surface area contributed by atoms with Crippen LogP contribution in [-0.2, 0) is 19.6 Å². The maximum absolute atomic E-state index is 12.0. The number of ether oxygens (including phenoxy) is 1. The molecular formula is C16H24N2O5S. The van der Waals surface area contributed by atoms with E-state index >= 15 is 0 Å². The average molecular weight is 356 g/mol. The lowest BCUT2D eigenvalue weighted by molar-refractivity contribution is -0.116. The molecule has 0 spiro atoms. The minimum atomic E-state index is -3.34. The molecule has 1 aromatic rings. The van der Waals surface area contributed by atoms with Gasteiger partial charge in [0.15, 0.2) is 0 Å². The Hall–Kier alpha value is -1.93. The van der Waals surface area contributed by atoms with E-state index < -0.39 is 16.0 Å². The van der Waals surface area contributed by atoms with Crippen LogP contribution in [0.1, 0.15) is 30.6 Å². The number of nitrogens with one attached hydrogen (secondary N) is 1. The Morgan fingerprint density at radius 2 is 1.79 bits per heavy atom. The molecule has 0 fully saturated rings. The van der Waals surface area contributed by atoms with Gasteiger partial charge in [-0.1, -0.05) is 13.8 Å². The molecule has 0 aliphatic heterocycles. The maximum atomic E-state index is 12.0. The lowest BCUT2D eigenvalue weighted by Gasteiger charge is -2.21. The molecule has 0 aliphatic rings. The van der Waals surface area contributed by atoms with E-state index in [1.165, 1.54) is 11.4 Å². The van der Waals surface area contributed by atoms with Crippen LogP contribution in [-0.4, -0.2) is 51.1 Å². The highest BCUT2D eigenvalue weighted by Crippen LogP contribution is 2.11. The van der Waals surface area contributed by atoms with Gasteiger partial charge in [-0.15, -0.1) is 0 Å². The molecule has 0 unspecified atom stereocenters. The third-order valence-electron chi connectivity index (χ3n) is 3.22. The fraction of sp³-hybridized carbons (Fsp3) is 0.500. The molecule has 1 amide bonds. The molecule has 0 saturated heterocycles. The number of carbonyl (C=O) groups excluding carboxylic acids is 2. The van der Waals surface area contributed by atoms with E-state index in [0.717, 1.165) is 6.26 Å². The molecule has 8 heteroatoms. The number of benzene rings is 1. The van der Waals surface area contributed by atoms with Crippen molar-refractivity contribution in [2.75, 3.05) is 31.8 Å². The van der Waals surface area contributed by atoms with E-state index in [-0.39, 0.29) is 24.8 Å². The second kappa shape index (κ2) is 8.79. The monoisotopic (exact) mass is 356 g/mol. The van der Waals surface area contributed by atoms with Gasteiger partial charge in [0, 0.05) is 25.2 Å². The van der Waals surface area contributed by atoms with Crippen LogP contribution in [0.4, 0.5) is 5.69 Å². The Labute approximate surface area is 143 Å². The summed E-state index contributed by atoms with van der Waals surface area (Å²) in [6, 6.07) is 6.27. The summed E-state index contributed by atoms with van der Waals surface area (Å²) >= 11 is 0. The number of rotatable bonds is 8. The second-order valence-corrected chi connectivity index (χ2v) is 7.86. The van der Waals surface area contributed by atoms with Gasteiger partial charge < -0.3 is 10.1 Å².